The molecular weight excluding hydrogens is 430 g/mol. The van der Waals surface area contributed by atoms with E-state index in [1.807, 2.05) is 58.0 Å². The van der Waals surface area contributed by atoms with Gasteiger partial charge in [-0.05, 0) is 58.9 Å². The first-order valence-corrected chi connectivity index (χ1v) is 12.5. The van der Waals surface area contributed by atoms with Gasteiger partial charge < -0.3 is 20.3 Å². The molecule has 1 aromatic rings. The molecule has 2 atom stereocenters. The molecule has 2 N–H and O–H groups in total. The Bertz CT molecular complexity index is 772. The smallest absolute Gasteiger partial charge is 0.408 e. The van der Waals surface area contributed by atoms with E-state index in [4.69, 9.17) is 4.74 Å². The zero-order chi connectivity index (χ0) is 25.9. The Balaban J connectivity index is 3.39. The highest BCUT2D eigenvalue weighted by Gasteiger charge is 2.36. The van der Waals surface area contributed by atoms with Crippen LogP contribution in [-0.4, -0.2) is 47.0 Å². The average molecular weight is 476 g/mol. The van der Waals surface area contributed by atoms with E-state index in [2.05, 4.69) is 17.6 Å². The Morgan fingerprint density at radius 2 is 1.59 bits per heavy atom. The van der Waals surface area contributed by atoms with E-state index >= 15 is 0 Å². The summed E-state index contributed by atoms with van der Waals surface area (Å²) in [7, 11) is 0. The van der Waals surface area contributed by atoms with Crippen LogP contribution in [0, 0.1) is 5.92 Å². The molecule has 0 aromatic heterocycles. The average Bonchev–Trinajstić information content (AvgIpc) is 2.70. The van der Waals surface area contributed by atoms with E-state index in [0.717, 1.165) is 24.8 Å². The van der Waals surface area contributed by atoms with Crippen molar-refractivity contribution in [2.24, 2.45) is 5.92 Å². The van der Waals surface area contributed by atoms with Gasteiger partial charge in [0.15, 0.2) is 0 Å². The number of rotatable bonds is 12. The minimum Gasteiger partial charge on any atom is -0.444 e. The molecule has 7 heteroatoms. The number of carbonyl (C=O) groups excluding carboxylic acids is 3. The predicted octanol–water partition coefficient (Wildman–Crippen LogP) is 5.21. The Morgan fingerprint density at radius 3 is 2.09 bits per heavy atom. The lowest BCUT2D eigenvalue weighted by atomic mass is 9.98. The second-order valence-corrected chi connectivity index (χ2v) is 10.5. The van der Waals surface area contributed by atoms with E-state index < -0.39 is 23.8 Å². The fraction of sp³-hybridized carbons (Fsp3) is 0.667. The monoisotopic (exact) mass is 475 g/mol. The SMILES string of the molecule is CCCCCN(C(=O)C(CC(C)C)NC(=O)OC(C)(C)C)C(C(=O)NC(C)C)c1ccccc1. The number of nitrogens with zero attached hydrogens (tertiary/aromatic N) is 1. The molecule has 0 fully saturated rings. The van der Waals surface area contributed by atoms with Crippen molar-refractivity contribution >= 4 is 17.9 Å². The molecule has 3 amide bonds. The van der Waals surface area contributed by atoms with Crippen molar-refractivity contribution < 1.29 is 19.1 Å². The van der Waals surface area contributed by atoms with Gasteiger partial charge in [-0.1, -0.05) is 63.9 Å². The van der Waals surface area contributed by atoms with Gasteiger partial charge in [-0.2, -0.15) is 0 Å². The van der Waals surface area contributed by atoms with E-state index in [1.165, 1.54) is 0 Å². The van der Waals surface area contributed by atoms with Gasteiger partial charge in [0.2, 0.25) is 11.8 Å². The Kier molecular flexibility index (Phi) is 12.1. The van der Waals surface area contributed by atoms with Gasteiger partial charge in [0, 0.05) is 12.6 Å². The van der Waals surface area contributed by atoms with E-state index in [-0.39, 0.29) is 23.8 Å². The summed E-state index contributed by atoms with van der Waals surface area (Å²) < 4.78 is 5.42. The molecule has 0 aliphatic heterocycles. The highest BCUT2D eigenvalue weighted by molar-refractivity contribution is 5.92. The van der Waals surface area contributed by atoms with Gasteiger partial charge in [-0.3, -0.25) is 9.59 Å². The fourth-order valence-electron chi connectivity index (χ4n) is 3.71. The lowest BCUT2D eigenvalue weighted by Gasteiger charge is -2.35. The first kappa shape index (κ1) is 29.5. The van der Waals surface area contributed by atoms with Crippen molar-refractivity contribution in [2.75, 3.05) is 6.54 Å². The second kappa shape index (κ2) is 14.0. The quantitative estimate of drug-likeness (QED) is 0.406. The van der Waals surface area contributed by atoms with E-state index in [1.54, 1.807) is 25.7 Å². The third-order valence-electron chi connectivity index (χ3n) is 5.09. The van der Waals surface area contributed by atoms with Crippen LogP contribution in [0.1, 0.15) is 92.7 Å². The van der Waals surface area contributed by atoms with Crippen molar-refractivity contribution in [3.63, 3.8) is 0 Å². The number of hydrogen-bond acceptors (Lipinski definition) is 4. The number of ether oxygens (including phenoxy) is 1. The van der Waals surface area contributed by atoms with Crippen LogP contribution in [0.4, 0.5) is 4.79 Å². The summed E-state index contributed by atoms with van der Waals surface area (Å²) in [6.07, 6.45) is 2.49. The van der Waals surface area contributed by atoms with Gasteiger partial charge in [0.05, 0.1) is 0 Å². The Hall–Kier alpha value is -2.57. The Morgan fingerprint density at radius 1 is 0.971 bits per heavy atom. The maximum atomic E-state index is 14.0. The lowest BCUT2D eigenvalue weighted by Crippen LogP contribution is -2.54. The number of unbranched alkanes of at least 4 members (excludes halogenated alkanes) is 2. The number of nitrogens with one attached hydrogen (secondary N) is 2. The molecule has 0 saturated carbocycles. The maximum absolute atomic E-state index is 14.0. The van der Waals surface area contributed by atoms with Crippen LogP contribution in [0.2, 0.25) is 0 Å². The Labute approximate surface area is 206 Å². The zero-order valence-corrected chi connectivity index (χ0v) is 22.3. The van der Waals surface area contributed by atoms with E-state index in [0.29, 0.717) is 13.0 Å². The molecular formula is C27H45N3O4. The highest BCUT2D eigenvalue weighted by atomic mass is 16.6. The highest BCUT2D eigenvalue weighted by Crippen LogP contribution is 2.25. The van der Waals surface area contributed by atoms with Gasteiger partial charge in [0.25, 0.3) is 0 Å². The molecule has 1 rings (SSSR count). The summed E-state index contributed by atoms with van der Waals surface area (Å²) in [6, 6.07) is 7.69. The summed E-state index contributed by atoms with van der Waals surface area (Å²) in [5.74, 6) is -0.351. The third-order valence-corrected chi connectivity index (χ3v) is 5.09. The van der Waals surface area contributed by atoms with Crippen molar-refractivity contribution in [1.82, 2.24) is 15.5 Å². The summed E-state index contributed by atoms with van der Waals surface area (Å²) in [5, 5.41) is 5.75. The van der Waals surface area contributed by atoms with Crippen LogP contribution >= 0.6 is 0 Å². The van der Waals surface area contributed by atoms with Crippen molar-refractivity contribution in [3.05, 3.63) is 35.9 Å². The standard InChI is InChI=1S/C27H45N3O4/c1-9-10-14-17-30(23(24(31)28-20(4)5)21-15-12-11-13-16-21)25(32)22(18-19(2)3)29-26(33)34-27(6,7)8/h11-13,15-16,19-20,22-23H,9-10,14,17-18H2,1-8H3,(H,28,31)(H,29,33). The largest absolute Gasteiger partial charge is 0.444 e. The second-order valence-electron chi connectivity index (χ2n) is 10.5. The topological polar surface area (TPSA) is 87.7 Å². The summed E-state index contributed by atoms with van der Waals surface area (Å²) >= 11 is 0. The number of hydrogen-bond donors (Lipinski definition) is 2. The number of benzene rings is 1. The first-order chi connectivity index (χ1) is 15.9. The van der Waals surface area contributed by atoms with Gasteiger partial charge in [0.1, 0.15) is 17.7 Å². The molecule has 2 unspecified atom stereocenters. The predicted molar refractivity (Wildman–Crippen MR) is 136 cm³/mol. The number of amides is 3. The normalized spacial score (nSPS) is 13.4. The molecule has 7 nitrogen and oxygen atoms in total. The summed E-state index contributed by atoms with van der Waals surface area (Å²) in [4.78, 5) is 41.5. The van der Waals surface area contributed by atoms with Crippen molar-refractivity contribution in [3.8, 4) is 0 Å². The summed E-state index contributed by atoms with van der Waals surface area (Å²) in [5.41, 5.74) is 0.0612. The van der Waals surface area contributed by atoms with Crippen LogP contribution < -0.4 is 10.6 Å². The van der Waals surface area contributed by atoms with Gasteiger partial charge >= 0.3 is 6.09 Å². The van der Waals surface area contributed by atoms with Crippen LogP contribution in [0.15, 0.2) is 30.3 Å². The molecule has 1 aromatic carbocycles. The first-order valence-electron chi connectivity index (χ1n) is 12.5. The van der Waals surface area contributed by atoms with Crippen LogP contribution in [-0.2, 0) is 14.3 Å². The zero-order valence-electron chi connectivity index (χ0n) is 22.3. The summed E-state index contributed by atoms with van der Waals surface area (Å²) in [6.45, 7) is 15.7. The van der Waals surface area contributed by atoms with Crippen molar-refractivity contribution in [1.29, 1.82) is 0 Å². The van der Waals surface area contributed by atoms with Crippen LogP contribution in [0.25, 0.3) is 0 Å². The fourth-order valence-corrected chi connectivity index (χ4v) is 3.71. The minimum atomic E-state index is -0.797. The number of carbonyl (C=O) groups is 3. The number of alkyl carbamates (subject to hydrolysis) is 1. The van der Waals surface area contributed by atoms with Gasteiger partial charge in [-0.25, -0.2) is 4.79 Å². The van der Waals surface area contributed by atoms with Crippen molar-refractivity contribution in [2.45, 2.75) is 105 Å². The molecule has 0 spiro atoms. The molecule has 34 heavy (non-hydrogen) atoms. The van der Waals surface area contributed by atoms with Gasteiger partial charge in [-0.15, -0.1) is 0 Å². The molecule has 0 bridgehead atoms. The minimum absolute atomic E-state index is 0.0716. The maximum Gasteiger partial charge on any atom is 0.408 e. The molecule has 0 heterocycles. The molecule has 0 aliphatic rings. The molecule has 192 valence electrons. The van der Waals surface area contributed by atoms with E-state index in [9.17, 15) is 14.4 Å². The van der Waals surface area contributed by atoms with Crippen LogP contribution in [0.3, 0.4) is 0 Å². The molecule has 0 radical (unpaired) electrons. The molecule has 0 saturated heterocycles. The lowest BCUT2D eigenvalue weighted by molar-refractivity contribution is -0.143. The van der Waals surface area contributed by atoms with Crippen LogP contribution in [0.5, 0.6) is 0 Å². The molecule has 0 aliphatic carbocycles. The third kappa shape index (κ3) is 10.6.